The van der Waals surface area contributed by atoms with Crippen molar-refractivity contribution in [2.24, 2.45) is 0 Å². The number of alkyl carbamates (subject to hydrolysis) is 1. The van der Waals surface area contributed by atoms with E-state index in [-0.39, 0.29) is 18.0 Å². The number of benzene rings is 1. The molecule has 2 N–H and O–H groups in total. The summed E-state index contributed by atoms with van der Waals surface area (Å²) in [6.45, 7) is 4.42. The first kappa shape index (κ1) is 23.3. The quantitative estimate of drug-likeness (QED) is 0.563. The Labute approximate surface area is 194 Å². The van der Waals surface area contributed by atoms with Crippen LogP contribution >= 0.6 is 0 Å². The van der Waals surface area contributed by atoms with Crippen molar-refractivity contribution in [2.45, 2.75) is 50.8 Å². The number of aryl methyl sites for hydroxylation is 1. The number of ether oxygens (including phenoxy) is 2. The molecule has 1 aromatic heterocycles. The zero-order chi connectivity index (χ0) is 23.2. The average molecular weight is 456 g/mol. The summed E-state index contributed by atoms with van der Waals surface area (Å²) in [5, 5.41) is 5.97. The van der Waals surface area contributed by atoms with Crippen LogP contribution in [-0.2, 0) is 20.7 Å². The minimum atomic E-state index is -0.443. The van der Waals surface area contributed by atoms with E-state index in [0.717, 1.165) is 43.0 Å². The topological polar surface area (TPSA) is 97.7 Å². The lowest BCUT2D eigenvalue weighted by Crippen LogP contribution is -2.50. The Balaban J connectivity index is 1.54. The van der Waals surface area contributed by atoms with Crippen LogP contribution in [0.2, 0.25) is 0 Å². The molecule has 9 heteroatoms. The molecule has 0 unspecified atom stereocenters. The number of carbonyl (C=O) groups excluding carboxylic acids is 2. The first-order chi connectivity index (χ1) is 16.1. The predicted molar refractivity (Wildman–Crippen MR) is 123 cm³/mol. The molecule has 1 saturated heterocycles. The molecular formula is C24H33N5O4. The van der Waals surface area contributed by atoms with Crippen LogP contribution in [0.3, 0.4) is 0 Å². The lowest BCUT2D eigenvalue weighted by Gasteiger charge is -2.33. The number of imidazole rings is 1. The Morgan fingerprint density at radius 2 is 2.12 bits per heavy atom. The minimum absolute atomic E-state index is 0.0373. The van der Waals surface area contributed by atoms with Gasteiger partial charge in [-0.15, -0.1) is 0 Å². The molecular weight excluding hydrogens is 422 g/mol. The third kappa shape index (κ3) is 5.72. The zero-order valence-electron chi connectivity index (χ0n) is 19.3. The van der Waals surface area contributed by atoms with Gasteiger partial charge in [0.1, 0.15) is 11.9 Å². The number of para-hydroxylation sites is 1. The maximum atomic E-state index is 13.3. The van der Waals surface area contributed by atoms with Crippen molar-refractivity contribution in [3.63, 3.8) is 0 Å². The van der Waals surface area contributed by atoms with Gasteiger partial charge in [-0.25, -0.2) is 9.78 Å². The molecule has 33 heavy (non-hydrogen) atoms. The van der Waals surface area contributed by atoms with Crippen molar-refractivity contribution in [3.8, 4) is 5.69 Å². The van der Waals surface area contributed by atoms with Gasteiger partial charge in [-0.3, -0.25) is 4.79 Å². The molecule has 1 saturated carbocycles. The zero-order valence-corrected chi connectivity index (χ0v) is 19.3. The molecule has 2 aromatic rings. The summed E-state index contributed by atoms with van der Waals surface area (Å²) in [6.07, 6.45) is 4.59. The second-order valence-corrected chi connectivity index (χ2v) is 8.53. The van der Waals surface area contributed by atoms with Crippen LogP contribution in [0.25, 0.3) is 5.69 Å². The second-order valence-electron chi connectivity index (χ2n) is 8.53. The Morgan fingerprint density at radius 1 is 1.33 bits per heavy atom. The summed E-state index contributed by atoms with van der Waals surface area (Å²) in [7, 11) is 1.35. The van der Waals surface area contributed by atoms with Gasteiger partial charge >= 0.3 is 6.09 Å². The van der Waals surface area contributed by atoms with E-state index in [9.17, 15) is 9.59 Å². The van der Waals surface area contributed by atoms with Crippen LogP contribution in [-0.4, -0.2) is 71.9 Å². The van der Waals surface area contributed by atoms with Crippen LogP contribution < -0.4 is 10.6 Å². The van der Waals surface area contributed by atoms with Crippen LogP contribution in [0.4, 0.5) is 4.79 Å². The van der Waals surface area contributed by atoms with Gasteiger partial charge < -0.3 is 29.6 Å². The summed E-state index contributed by atoms with van der Waals surface area (Å²) in [5.41, 5.74) is 1.88. The van der Waals surface area contributed by atoms with Crippen molar-refractivity contribution in [2.75, 3.05) is 33.4 Å². The number of carbonyl (C=O) groups is 2. The minimum Gasteiger partial charge on any atom is -0.453 e. The van der Waals surface area contributed by atoms with E-state index in [1.165, 1.54) is 7.11 Å². The first-order valence-electron chi connectivity index (χ1n) is 11.7. The largest absolute Gasteiger partial charge is 0.453 e. The Hall–Kier alpha value is -2.91. The highest BCUT2D eigenvalue weighted by molar-refractivity contribution is 5.82. The van der Waals surface area contributed by atoms with Crippen LogP contribution in [0.1, 0.15) is 43.7 Å². The highest BCUT2D eigenvalue weighted by Crippen LogP contribution is 2.35. The van der Waals surface area contributed by atoms with Gasteiger partial charge in [-0.2, -0.15) is 0 Å². The molecule has 2 amide bonds. The molecule has 1 aromatic carbocycles. The van der Waals surface area contributed by atoms with Gasteiger partial charge in [0.2, 0.25) is 0 Å². The number of rotatable bonds is 9. The van der Waals surface area contributed by atoms with E-state index in [4.69, 9.17) is 9.72 Å². The maximum Gasteiger partial charge on any atom is 0.406 e. The maximum absolute atomic E-state index is 13.3. The fourth-order valence-electron chi connectivity index (χ4n) is 4.21. The smallest absolute Gasteiger partial charge is 0.406 e. The Morgan fingerprint density at radius 3 is 2.79 bits per heavy atom. The molecule has 2 aliphatic rings. The van der Waals surface area contributed by atoms with Gasteiger partial charge in [0.25, 0.3) is 5.91 Å². The molecule has 0 bridgehead atoms. The Bertz CT molecular complexity index is 938. The van der Waals surface area contributed by atoms with Gasteiger partial charge in [-0.1, -0.05) is 18.2 Å². The van der Waals surface area contributed by atoms with E-state index in [2.05, 4.69) is 19.9 Å². The van der Waals surface area contributed by atoms with E-state index in [1.54, 1.807) is 0 Å². The van der Waals surface area contributed by atoms with Crippen LogP contribution in [0, 0.1) is 0 Å². The highest BCUT2D eigenvalue weighted by Gasteiger charge is 2.40. The molecule has 2 fully saturated rings. The van der Waals surface area contributed by atoms with Crippen molar-refractivity contribution in [1.29, 1.82) is 0 Å². The lowest BCUT2D eigenvalue weighted by molar-refractivity contribution is -0.148. The van der Waals surface area contributed by atoms with Gasteiger partial charge in [0.05, 0.1) is 25.5 Å². The van der Waals surface area contributed by atoms with Crippen molar-refractivity contribution in [1.82, 2.24) is 25.1 Å². The summed E-state index contributed by atoms with van der Waals surface area (Å²) in [6, 6.07) is 10.1. The van der Waals surface area contributed by atoms with E-state index >= 15 is 0 Å². The summed E-state index contributed by atoms with van der Waals surface area (Å²) < 4.78 is 12.5. The van der Waals surface area contributed by atoms with E-state index < -0.39 is 12.2 Å². The molecule has 2 atom stereocenters. The van der Waals surface area contributed by atoms with Crippen LogP contribution in [0.15, 0.2) is 36.5 Å². The summed E-state index contributed by atoms with van der Waals surface area (Å²) in [4.78, 5) is 31.6. The SMILES string of the molecule is COC(=O)NCCCc1nc([C@@H](C)N(C(=O)[C@H]2CNCCO2)C2CC2)cn1-c1ccccc1. The third-order valence-corrected chi connectivity index (χ3v) is 6.11. The number of hydrogen-bond donors (Lipinski definition) is 2. The number of aromatic nitrogens is 2. The summed E-state index contributed by atoms with van der Waals surface area (Å²) in [5.74, 6) is 0.934. The standard InChI is InChI=1S/C24H33N5O4/c1-17(29(19-10-11-19)23(30)21-15-25-13-14-33-21)20-16-28(18-7-4-3-5-8-18)22(27-20)9-6-12-26-24(31)32-2/h3-5,7-8,16-17,19,21,25H,6,9-15H2,1-2H3,(H,26,31)/t17-,21-/m1/s1. The summed E-state index contributed by atoms with van der Waals surface area (Å²) >= 11 is 0. The van der Waals surface area contributed by atoms with Crippen molar-refractivity contribution < 1.29 is 19.1 Å². The molecule has 4 rings (SSSR count). The number of nitrogens with one attached hydrogen (secondary N) is 2. The second kappa shape index (κ2) is 10.8. The monoisotopic (exact) mass is 455 g/mol. The van der Waals surface area contributed by atoms with Crippen LogP contribution in [0.5, 0.6) is 0 Å². The first-order valence-corrected chi connectivity index (χ1v) is 11.7. The normalized spacial score (nSPS) is 19.0. The van der Waals surface area contributed by atoms with Crippen molar-refractivity contribution >= 4 is 12.0 Å². The van der Waals surface area contributed by atoms with E-state index in [0.29, 0.717) is 26.1 Å². The number of hydrogen-bond acceptors (Lipinski definition) is 6. The third-order valence-electron chi connectivity index (χ3n) is 6.11. The van der Waals surface area contributed by atoms with Gasteiger partial charge in [0, 0.05) is 44.0 Å². The number of nitrogens with zero attached hydrogens (tertiary/aromatic N) is 3. The molecule has 178 valence electrons. The van der Waals surface area contributed by atoms with Crippen molar-refractivity contribution in [3.05, 3.63) is 48.0 Å². The highest BCUT2D eigenvalue weighted by atomic mass is 16.5. The fraction of sp³-hybridized carbons (Fsp3) is 0.542. The number of morpholine rings is 1. The molecule has 1 aliphatic heterocycles. The molecule has 0 radical (unpaired) electrons. The molecule has 1 aliphatic carbocycles. The molecule has 0 spiro atoms. The van der Waals surface area contributed by atoms with Gasteiger partial charge in [-0.05, 0) is 38.3 Å². The van der Waals surface area contributed by atoms with Gasteiger partial charge in [0.15, 0.2) is 0 Å². The number of amides is 2. The number of methoxy groups -OCH3 is 1. The lowest BCUT2D eigenvalue weighted by atomic mass is 10.1. The molecule has 2 heterocycles. The molecule has 9 nitrogen and oxygen atoms in total. The van der Waals surface area contributed by atoms with E-state index in [1.807, 2.05) is 48.4 Å². The predicted octanol–water partition coefficient (Wildman–Crippen LogP) is 2.20. The average Bonchev–Trinajstić information content (AvgIpc) is 3.60. The Kier molecular flexibility index (Phi) is 7.61. The fourth-order valence-corrected chi connectivity index (χ4v) is 4.21.